The van der Waals surface area contributed by atoms with Crippen molar-refractivity contribution in [2.75, 3.05) is 0 Å². The van der Waals surface area contributed by atoms with Crippen LogP contribution in [0.5, 0.6) is 0 Å². The molecule has 1 aromatic heterocycles. The second-order valence-electron chi connectivity index (χ2n) is 4.12. The third-order valence-electron chi connectivity index (χ3n) is 3.13. The van der Waals surface area contributed by atoms with Crippen molar-refractivity contribution in [2.24, 2.45) is 5.73 Å². The predicted molar refractivity (Wildman–Crippen MR) is 61.8 cm³/mol. The van der Waals surface area contributed by atoms with E-state index in [0.717, 1.165) is 5.92 Å². The number of hydrogen-bond acceptors (Lipinski definition) is 2. The van der Waals surface area contributed by atoms with E-state index in [1.807, 2.05) is 11.3 Å². The summed E-state index contributed by atoms with van der Waals surface area (Å²) in [7, 11) is 0. The molecule has 3 rings (SSSR count). The van der Waals surface area contributed by atoms with Gasteiger partial charge in [-0.2, -0.15) is 0 Å². The van der Waals surface area contributed by atoms with Gasteiger partial charge in [0.2, 0.25) is 0 Å². The van der Waals surface area contributed by atoms with Crippen LogP contribution in [0.2, 0.25) is 0 Å². The smallest absolute Gasteiger partial charge is 0.0345 e. The van der Waals surface area contributed by atoms with Gasteiger partial charge in [0, 0.05) is 10.7 Å². The van der Waals surface area contributed by atoms with Crippen LogP contribution in [0.15, 0.2) is 29.6 Å². The van der Waals surface area contributed by atoms with E-state index in [1.165, 1.54) is 28.5 Å². The fourth-order valence-electron chi connectivity index (χ4n) is 2.23. The van der Waals surface area contributed by atoms with E-state index >= 15 is 0 Å². The zero-order valence-electron chi connectivity index (χ0n) is 7.94. The van der Waals surface area contributed by atoms with E-state index in [1.54, 1.807) is 0 Å². The van der Waals surface area contributed by atoms with Gasteiger partial charge in [-0.3, -0.25) is 0 Å². The summed E-state index contributed by atoms with van der Waals surface area (Å²) in [5.74, 6) is 0.723. The Balaban J connectivity index is 2.05. The molecule has 1 saturated carbocycles. The Morgan fingerprint density at radius 3 is 2.79 bits per heavy atom. The lowest BCUT2D eigenvalue weighted by molar-refractivity contribution is 0.354. The SMILES string of the molecule is NC1CC(c2csc3ccccc23)C1. The topological polar surface area (TPSA) is 26.0 Å². The summed E-state index contributed by atoms with van der Waals surface area (Å²) >= 11 is 1.85. The molecule has 2 N–H and O–H groups in total. The lowest BCUT2D eigenvalue weighted by Crippen LogP contribution is -2.34. The van der Waals surface area contributed by atoms with Gasteiger partial charge in [-0.1, -0.05) is 18.2 Å². The molecule has 2 heteroatoms. The number of rotatable bonds is 1. The van der Waals surface area contributed by atoms with Crippen molar-refractivity contribution in [3.63, 3.8) is 0 Å². The second-order valence-corrected chi connectivity index (χ2v) is 5.03. The molecular weight excluding hydrogens is 190 g/mol. The molecule has 1 nitrogen and oxygen atoms in total. The monoisotopic (exact) mass is 203 g/mol. The first-order valence-corrected chi connectivity index (χ1v) is 5.94. The van der Waals surface area contributed by atoms with Gasteiger partial charge in [0.25, 0.3) is 0 Å². The first-order valence-electron chi connectivity index (χ1n) is 5.06. The van der Waals surface area contributed by atoms with E-state index < -0.39 is 0 Å². The highest BCUT2D eigenvalue weighted by Crippen LogP contribution is 2.41. The molecule has 0 radical (unpaired) electrons. The largest absolute Gasteiger partial charge is 0.328 e. The van der Waals surface area contributed by atoms with Crippen LogP contribution in [0, 0.1) is 0 Å². The Morgan fingerprint density at radius 2 is 2.00 bits per heavy atom. The highest BCUT2D eigenvalue weighted by atomic mass is 32.1. The Kier molecular flexibility index (Phi) is 1.85. The lowest BCUT2D eigenvalue weighted by atomic mass is 9.76. The molecule has 72 valence electrons. The summed E-state index contributed by atoms with van der Waals surface area (Å²) in [6.07, 6.45) is 2.33. The summed E-state index contributed by atoms with van der Waals surface area (Å²) in [4.78, 5) is 0. The minimum atomic E-state index is 0.443. The molecule has 2 aromatic rings. The molecule has 0 aliphatic heterocycles. The first kappa shape index (κ1) is 8.45. The minimum absolute atomic E-state index is 0.443. The molecule has 1 aromatic carbocycles. The van der Waals surface area contributed by atoms with Gasteiger partial charge in [-0.25, -0.2) is 0 Å². The van der Waals surface area contributed by atoms with Gasteiger partial charge in [0.15, 0.2) is 0 Å². The predicted octanol–water partition coefficient (Wildman–Crippen LogP) is 3.11. The van der Waals surface area contributed by atoms with Crippen molar-refractivity contribution < 1.29 is 0 Å². The standard InChI is InChI=1S/C12H13NS/c13-9-5-8(6-9)11-7-14-12-4-2-1-3-10(11)12/h1-4,7-9H,5-6,13H2. The molecule has 1 aliphatic carbocycles. The maximum absolute atomic E-state index is 5.82. The Bertz CT molecular complexity index is 454. The van der Waals surface area contributed by atoms with Crippen LogP contribution < -0.4 is 5.73 Å². The number of fused-ring (bicyclic) bond motifs is 1. The van der Waals surface area contributed by atoms with Crippen LogP contribution in [0.25, 0.3) is 10.1 Å². The molecule has 0 amide bonds. The van der Waals surface area contributed by atoms with Gasteiger partial charge in [0.1, 0.15) is 0 Å². The van der Waals surface area contributed by atoms with Crippen molar-refractivity contribution >= 4 is 21.4 Å². The number of hydrogen-bond donors (Lipinski definition) is 1. The van der Waals surface area contributed by atoms with Gasteiger partial charge >= 0.3 is 0 Å². The zero-order chi connectivity index (χ0) is 9.54. The van der Waals surface area contributed by atoms with Crippen LogP contribution in [-0.2, 0) is 0 Å². The van der Waals surface area contributed by atoms with Crippen LogP contribution in [0.1, 0.15) is 24.3 Å². The van der Waals surface area contributed by atoms with Crippen LogP contribution in [0.3, 0.4) is 0 Å². The Morgan fingerprint density at radius 1 is 1.21 bits per heavy atom. The third-order valence-corrected chi connectivity index (χ3v) is 4.11. The molecule has 0 spiro atoms. The van der Waals surface area contributed by atoms with E-state index in [9.17, 15) is 0 Å². The van der Waals surface area contributed by atoms with Gasteiger partial charge < -0.3 is 5.73 Å². The fraction of sp³-hybridized carbons (Fsp3) is 0.333. The van der Waals surface area contributed by atoms with E-state index in [0.29, 0.717) is 6.04 Å². The maximum atomic E-state index is 5.82. The quantitative estimate of drug-likeness (QED) is 0.757. The zero-order valence-corrected chi connectivity index (χ0v) is 8.76. The number of nitrogens with two attached hydrogens (primary N) is 1. The molecule has 1 heterocycles. The average Bonchev–Trinajstić information content (AvgIpc) is 2.56. The molecule has 1 fully saturated rings. The maximum Gasteiger partial charge on any atom is 0.0345 e. The number of thiophene rings is 1. The van der Waals surface area contributed by atoms with Crippen molar-refractivity contribution in [3.8, 4) is 0 Å². The molecule has 14 heavy (non-hydrogen) atoms. The molecule has 0 unspecified atom stereocenters. The fourth-order valence-corrected chi connectivity index (χ4v) is 3.27. The minimum Gasteiger partial charge on any atom is -0.328 e. The van der Waals surface area contributed by atoms with E-state index in [2.05, 4.69) is 29.6 Å². The van der Waals surface area contributed by atoms with Crippen LogP contribution >= 0.6 is 11.3 Å². The first-order chi connectivity index (χ1) is 6.84. The third kappa shape index (κ3) is 1.18. The molecule has 1 aliphatic rings. The van der Waals surface area contributed by atoms with Crippen LogP contribution in [0.4, 0.5) is 0 Å². The van der Waals surface area contributed by atoms with Gasteiger partial charge in [0.05, 0.1) is 0 Å². The average molecular weight is 203 g/mol. The second kappa shape index (κ2) is 3.07. The molecule has 0 bridgehead atoms. The van der Waals surface area contributed by atoms with Gasteiger partial charge in [-0.05, 0) is 41.2 Å². The lowest BCUT2D eigenvalue weighted by Gasteiger charge is -2.32. The molecule has 0 atom stereocenters. The van der Waals surface area contributed by atoms with Crippen molar-refractivity contribution in [2.45, 2.75) is 24.8 Å². The highest BCUT2D eigenvalue weighted by molar-refractivity contribution is 7.17. The van der Waals surface area contributed by atoms with E-state index in [-0.39, 0.29) is 0 Å². The van der Waals surface area contributed by atoms with Crippen molar-refractivity contribution in [1.82, 2.24) is 0 Å². The summed E-state index contributed by atoms with van der Waals surface area (Å²) in [6.45, 7) is 0. The normalized spacial score (nSPS) is 26.4. The summed E-state index contributed by atoms with van der Waals surface area (Å²) in [5, 5.41) is 3.75. The summed E-state index contributed by atoms with van der Waals surface area (Å²) in [6, 6.07) is 9.10. The van der Waals surface area contributed by atoms with E-state index in [4.69, 9.17) is 5.73 Å². The highest BCUT2D eigenvalue weighted by Gasteiger charge is 2.28. The Hall–Kier alpha value is -0.860. The molecular formula is C12H13NS. The Labute approximate surface area is 87.5 Å². The van der Waals surface area contributed by atoms with Crippen LogP contribution in [-0.4, -0.2) is 6.04 Å². The number of benzene rings is 1. The molecule has 0 saturated heterocycles. The summed E-state index contributed by atoms with van der Waals surface area (Å²) in [5.41, 5.74) is 7.34. The van der Waals surface area contributed by atoms with Gasteiger partial charge in [-0.15, -0.1) is 11.3 Å². The summed E-state index contributed by atoms with van der Waals surface area (Å²) < 4.78 is 1.41. The van der Waals surface area contributed by atoms with Crippen molar-refractivity contribution in [1.29, 1.82) is 0 Å². The van der Waals surface area contributed by atoms with Crippen molar-refractivity contribution in [3.05, 3.63) is 35.2 Å².